The standard InChI is InChI=1S/C41H47N3O10/c1-24-11-13-29-28(17-24)41(45)43-40(42-29)25-12-14-31(33(18-25)46-2)52-15-9-8-10-16-53-39-36(49-5)21-27(22-37(39)50-6)32-23-30(44-54-32)26-19-34(47-3)38(51-7)35(20-26)48-4/h11-14,17-22,32,40,42H,8-10,15-16,23H2,1-7H3,(H,43,45). The van der Waals surface area contributed by atoms with Crippen LogP contribution in [0.3, 0.4) is 0 Å². The van der Waals surface area contributed by atoms with Crippen LogP contribution >= 0.6 is 0 Å². The molecule has 2 aliphatic heterocycles. The van der Waals surface area contributed by atoms with Crippen LogP contribution in [0.2, 0.25) is 0 Å². The van der Waals surface area contributed by atoms with Crippen molar-refractivity contribution in [2.24, 2.45) is 5.16 Å². The van der Waals surface area contributed by atoms with Crippen LogP contribution in [0.1, 0.15) is 70.6 Å². The van der Waals surface area contributed by atoms with Gasteiger partial charge in [-0.1, -0.05) is 22.9 Å². The van der Waals surface area contributed by atoms with Gasteiger partial charge in [-0.25, -0.2) is 0 Å². The van der Waals surface area contributed by atoms with Crippen LogP contribution in [-0.4, -0.2) is 67.5 Å². The van der Waals surface area contributed by atoms with Crippen LogP contribution in [0.4, 0.5) is 5.69 Å². The van der Waals surface area contributed by atoms with Gasteiger partial charge in [0.05, 0.1) is 67.1 Å². The Morgan fingerprint density at radius 1 is 0.648 bits per heavy atom. The summed E-state index contributed by atoms with van der Waals surface area (Å²) in [6.45, 7) is 2.93. The SMILES string of the molecule is COc1cc(C2NC(=O)c3cc(C)ccc3N2)ccc1OCCCCCOc1c(OC)cc(C2CC(c3cc(OC)c(OC)c(OC)c3)=NO2)cc1OC. The maximum atomic E-state index is 12.8. The number of hydrogen-bond donors (Lipinski definition) is 2. The Morgan fingerprint density at radius 3 is 1.93 bits per heavy atom. The topological polar surface area (TPSA) is 137 Å². The molecule has 6 rings (SSSR count). The minimum absolute atomic E-state index is 0.118. The van der Waals surface area contributed by atoms with Crippen molar-refractivity contribution in [1.29, 1.82) is 0 Å². The maximum Gasteiger partial charge on any atom is 0.255 e. The van der Waals surface area contributed by atoms with Gasteiger partial charge in [-0.2, -0.15) is 0 Å². The molecule has 0 aliphatic carbocycles. The van der Waals surface area contributed by atoms with Gasteiger partial charge in [-0.05, 0) is 80.3 Å². The molecule has 54 heavy (non-hydrogen) atoms. The first-order valence-corrected chi connectivity index (χ1v) is 17.7. The normalized spacial score (nSPS) is 15.8. The molecule has 2 heterocycles. The molecule has 0 aromatic heterocycles. The largest absolute Gasteiger partial charge is 0.493 e. The summed E-state index contributed by atoms with van der Waals surface area (Å²) in [5.74, 6) is 4.29. The van der Waals surface area contributed by atoms with Gasteiger partial charge in [-0.3, -0.25) is 4.79 Å². The number of rotatable bonds is 17. The van der Waals surface area contributed by atoms with Crippen molar-refractivity contribution in [1.82, 2.24) is 5.32 Å². The third-order valence-electron chi connectivity index (χ3n) is 9.33. The number of aryl methyl sites for hydroxylation is 1. The fraction of sp³-hybridized carbons (Fsp3) is 0.366. The second kappa shape index (κ2) is 17.2. The summed E-state index contributed by atoms with van der Waals surface area (Å²) in [6, 6.07) is 18.9. The molecular formula is C41H47N3O10. The Labute approximate surface area is 315 Å². The van der Waals surface area contributed by atoms with Crippen LogP contribution in [0, 0.1) is 6.92 Å². The van der Waals surface area contributed by atoms with Crippen LogP contribution < -0.4 is 48.5 Å². The van der Waals surface area contributed by atoms with Crippen molar-refractivity contribution in [3.05, 3.63) is 88.5 Å². The van der Waals surface area contributed by atoms with Gasteiger partial charge < -0.3 is 53.4 Å². The zero-order chi connectivity index (χ0) is 38.2. The molecule has 2 aliphatic rings. The van der Waals surface area contributed by atoms with Gasteiger partial charge in [0.15, 0.2) is 40.6 Å². The van der Waals surface area contributed by atoms with Crippen molar-refractivity contribution in [2.75, 3.05) is 61.2 Å². The molecule has 4 aromatic carbocycles. The lowest BCUT2D eigenvalue weighted by Gasteiger charge is -2.28. The molecule has 0 spiro atoms. The number of unbranched alkanes of at least 4 members (excludes halogenated alkanes) is 2. The number of nitrogens with zero attached hydrogens (tertiary/aromatic N) is 1. The number of benzene rings is 4. The summed E-state index contributed by atoms with van der Waals surface area (Å²) in [4.78, 5) is 18.6. The van der Waals surface area contributed by atoms with Gasteiger partial charge in [0, 0.05) is 23.2 Å². The lowest BCUT2D eigenvalue weighted by molar-refractivity contribution is 0.0852. The molecule has 13 heteroatoms. The highest BCUT2D eigenvalue weighted by atomic mass is 16.6. The number of amides is 1. The molecule has 0 saturated heterocycles. The number of ether oxygens (including phenoxy) is 8. The highest BCUT2D eigenvalue weighted by Gasteiger charge is 2.29. The molecule has 2 atom stereocenters. The Bertz CT molecular complexity index is 1950. The van der Waals surface area contributed by atoms with Crippen molar-refractivity contribution < 1.29 is 47.5 Å². The highest BCUT2D eigenvalue weighted by Crippen LogP contribution is 2.44. The predicted octanol–water partition coefficient (Wildman–Crippen LogP) is 7.39. The Morgan fingerprint density at radius 2 is 1.28 bits per heavy atom. The third kappa shape index (κ3) is 8.14. The molecular weight excluding hydrogens is 694 g/mol. The van der Waals surface area contributed by atoms with Gasteiger partial charge in [-0.15, -0.1) is 0 Å². The first kappa shape index (κ1) is 37.8. The monoisotopic (exact) mass is 741 g/mol. The van der Waals surface area contributed by atoms with Gasteiger partial charge in [0.25, 0.3) is 5.91 Å². The molecule has 0 bridgehead atoms. The number of fused-ring (bicyclic) bond motifs is 1. The lowest BCUT2D eigenvalue weighted by Crippen LogP contribution is -2.38. The van der Waals surface area contributed by atoms with E-state index in [9.17, 15) is 4.79 Å². The minimum atomic E-state index is -0.387. The van der Waals surface area contributed by atoms with Gasteiger partial charge in [0.2, 0.25) is 11.5 Å². The van der Waals surface area contributed by atoms with E-state index >= 15 is 0 Å². The third-order valence-corrected chi connectivity index (χ3v) is 9.33. The van der Waals surface area contributed by atoms with E-state index in [4.69, 9.17) is 42.7 Å². The van der Waals surface area contributed by atoms with E-state index in [0.717, 1.165) is 52.9 Å². The fourth-order valence-electron chi connectivity index (χ4n) is 6.46. The Kier molecular flexibility index (Phi) is 12.1. The van der Waals surface area contributed by atoms with E-state index in [2.05, 4.69) is 15.8 Å². The van der Waals surface area contributed by atoms with Crippen molar-refractivity contribution in [2.45, 2.75) is 44.9 Å². The average Bonchev–Trinajstić information content (AvgIpc) is 3.70. The van der Waals surface area contributed by atoms with Crippen molar-refractivity contribution in [3.63, 3.8) is 0 Å². The molecule has 4 aromatic rings. The molecule has 0 fully saturated rings. The van der Waals surface area contributed by atoms with Crippen LogP contribution in [0.15, 0.2) is 65.8 Å². The minimum Gasteiger partial charge on any atom is -0.493 e. The van der Waals surface area contributed by atoms with E-state index in [1.54, 1.807) is 42.7 Å². The van der Waals surface area contributed by atoms with Crippen LogP contribution in [0.5, 0.6) is 46.0 Å². The number of oxime groups is 1. The maximum absolute atomic E-state index is 12.8. The zero-order valence-electron chi connectivity index (χ0n) is 31.7. The number of carbonyl (C=O) groups excluding carboxylic acids is 1. The summed E-state index contributed by atoms with van der Waals surface area (Å²) < 4.78 is 45.8. The number of methoxy groups -OCH3 is 6. The lowest BCUT2D eigenvalue weighted by atomic mass is 9.99. The van der Waals surface area contributed by atoms with Crippen LogP contribution in [-0.2, 0) is 4.84 Å². The van der Waals surface area contributed by atoms with Gasteiger partial charge in [0.1, 0.15) is 6.17 Å². The summed E-state index contributed by atoms with van der Waals surface area (Å²) in [7, 11) is 9.51. The quantitative estimate of drug-likeness (QED) is 0.105. The Hall–Kier alpha value is -5.98. The first-order valence-electron chi connectivity index (χ1n) is 17.7. The molecule has 0 saturated carbocycles. The number of hydrogen-bond acceptors (Lipinski definition) is 12. The van der Waals surface area contributed by atoms with Crippen molar-refractivity contribution in [3.8, 4) is 46.0 Å². The van der Waals surface area contributed by atoms with Crippen LogP contribution in [0.25, 0.3) is 0 Å². The smallest absolute Gasteiger partial charge is 0.255 e. The zero-order valence-corrected chi connectivity index (χ0v) is 31.7. The average molecular weight is 742 g/mol. The van der Waals surface area contributed by atoms with E-state index in [1.807, 2.05) is 67.6 Å². The highest BCUT2D eigenvalue weighted by molar-refractivity contribution is 6.03. The first-order chi connectivity index (χ1) is 26.3. The number of anilines is 1. The summed E-state index contributed by atoms with van der Waals surface area (Å²) in [5, 5.41) is 10.8. The fourth-order valence-corrected chi connectivity index (χ4v) is 6.46. The molecule has 1 amide bonds. The van der Waals surface area contributed by atoms with Crippen molar-refractivity contribution >= 4 is 17.3 Å². The summed E-state index contributed by atoms with van der Waals surface area (Å²) >= 11 is 0. The molecule has 0 radical (unpaired) electrons. The Balaban J connectivity index is 0.994. The second-order valence-electron chi connectivity index (χ2n) is 12.8. The van der Waals surface area contributed by atoms with Gasteiger partial charge >= 0.3 is 0 Å². The van der Waals surface area contributed by atoms with E-state index in [0.29, 0.717) is 71.2 Å². The predicted molar refractivity (Wildman–Crippen MR) is 203 cm³/mol. The summed E-state index contributed by atoms with van der Waals surface area (Å²) in [6.07, 6.45) is 2.23. The van der Waals surface area contributed by atoms with E-state index < -0.39 is 0 Å². The number of carbonyl (C=O) groups is 1. The molecule has 286 valence electrons. The molecule has 2 N–H and O–H groups in total. The number of nitrogens with one attached hydrogen (secondary N) is 2. The summed E-state index contributed by atoms with van der Waals surface area (Å²) in [5.41, 5.74) is 5.70. The van der Waals surface area contributed by atoms with E-state index in [-0.39, 0.29) is 18.2 Å². The second-order valence-corrected chi connectivity index (χ2v) is 12.8. The molecule has 13 nitrogen and oxygen atoms in total. The molecule has 2 unspecified atom stereocenters. The van der Waals surface area contributed by atoms with E-state index in [1.165, 1.54) is 0 Å².